The van der Waals surface area contributed by atoms with E-state index in [4.69, 9.17) is 0 Å². The molecule has 0 spiro atoms. The second-order valence-corrected chi connectivity index (χ2v) is 5.59. The van der Waals surface area contributed by atoms with Crippen LogP contribution < -0.4 is 10.1 Å². The molecule has 2 heterocycles. The van der Waals surface area contributed by atoms with Gasteiger partial charge in [-0.25, -0.2) is 0 Å². The lowest BCUT2D eigenvalue weighted by Crippen LogP contribution is -2.51. The summed E-state index contributed by atoms with van der Waals surface area (Å²) in [7, 11) is 0. The number of nitrogens with zero attached hydrogens (tertiary/aromatic N) is 1. The number of aromatic amines is 1. The van der Waals surface area contributed by atoms with Gasteiger partial charge in [0.05, 0.1) is 0 Å². The molecule has 8 heteroatoms. The van der Waals surface area contributed by atoms with Gasteiger partial charge in [0.1, 0.15) is 11.4 Å². The van der Waals surface area contributed by atoms with Gasteiger partial charge in [0.25, 0.3) is 5.91 Å². The number of carbonyl (C=O) groups excluding carboxylic acids is 1. The molecule has 1 aliphatic rings. The first-order valence-corrected chi connectivity index (χ1v) is 7.23. The Kier molecular flexibility index (Phi) is 3.93. The summed E-state index contributed by atoms with van der Waals surface area (Å²) in [6, 6.07) is 5.81. The first-order valence-electron chi connectivity index (χ1n) is 7.23. The van der Waals surface area contributed by atoms with Crippen molar-refractivity contribution in [2.45, 2.75) is 19.3 Å². The maximum Gasteiger partial charge on any atom is 0.573 e. The van der Waals surface area contributed by atoms with E-state index < -0.39 is 6.36 Å². The Morgan fingerprint density at radius 2 is 2.13 bits per heavy atom. The van der Waals surface area contributed by atoms with Crippen molar-refractivity contribution < 1.29 is 22.7 Å². The quantitative estimate of drug-likeness (QED) is 0.891. The number of alkyl halides is 3. The molecule has 1 aromatic carbocycles. The smallest absolute Gasteiger partial charge is 0.406 e. The lowest BCUT2D eigenvalue weighted by Gasteiger charge is -2.31. The molecular formula is C15H16F3N3O2. The van der Waals surface area contributed by atoms with Crippen molar-refractivity contribution in [2.75, 3.05) is 19.6 Å². The summed E-state index contributed by atoms with van der Waals surface area (Å²) in [6.07, 6.45) is -4.74. The summed E-state index contributed by atoms with van der Waals surface area (Å²) >= 11 is 0. The van der Waals surface area contributed by atoms with Crippen LogP contribution >= 0.6 is 0 Å². The molecule has 0 aliphatic carbocycles. The van der Waals surface area contributed by atoms with Gasteiger partial charge in [-0.2, -0.15) is 0 Å². The molecule has 1 atom stereocenters. The molecule has 0 unspecified atom stereocenters. The van der Waals surface area contributed by atoms with Crippen LogP contribution in [0.25, 0.3) is 10.9 Å². The average Bonchev–Trinajstić information content (AvgIpc) is 2.88. The Bertz CT molecular complexity index is 726. The molecule has 1 aliphatic heterocycles. The number of carbonyl (C=O) groups is 1. The van der Waals surface area contributed by atoms with Crippen LogP contribution in [-0.2, 0) is 0 Å². The molecule has 1 fully saturated rings. The number of benzene rings is 1. The van der Waals surface area contributed by atoms with E-state index in [2.05, 4.69) is 15.0 Å². The number of piperazine rings is 1. The highest BCUT2D eigenvalue weighted by atomic mass is 19.4. The molecule has 5 nitrogen and oxygen atoms in total. The topological polar surface area (TPSA) is 57.4 Å². The van der Waals surface area contributed by atoms with Gasteiger partial charge in [-0.3, -0.25) is 4.79 Å². The fourth-order valence-corrected chi connectivity index (χ4v) is 2.71. The first kappa shape index (κ1) is 15.7. The number of H-pyrrole nitrogens is 1. The summed E-state index contributed by atoms with van der Waals surface area (Å²) < 4.78 is 40.7. The van der Waals surface area contributed by atoms with Crippen molar-refractivity contribution in [3.8, 4) is 5.75 Å². The highest BCUT2D eigenvalue weighted by Crippen LogP contribution is 2.27. The van der Waals surface area contributed by atoms with Gasteiger partial charge in [0.2, 0.25) is 0 Å². The number of aromatic nitrogens is 1. The summed E-state index contributed by atoms with van der Waals surface area (Å²) in [6.45, 7) is 3.90. The van der Waals surface area contributed by atoms with Crippen LogP contribution in [0.4, 0.5) is 13.2 Å². The maximum atomic E-state index is 12.5. The lowest BCUT2D eigenvalue weighted by molar-refractivity contribution is -0.274. The average molecular weight is 327 g/mol. The minimum absolute atomic E-state index is 0.159. The van der Waals surface area contributed by atoms with Crippen molar-refractivity contribution in [3.63, 3.8) is 0 Å². The molecule has 1 aromatic heterocycles. The summed E-state index contributed by atoms with van der Waals surface area (Å²) in [5.74, 6) is -0.477. The predicted molar refractivity (Wildman–Crippen MR) is 78.3 cm³/mol. The van der Waals surface area contributed by atoms with Crippen LogP contribution in [0.1, 0.15) is 17.4 Å². The molecule has 0 saturated carbocycles. The molecular weight excluding hydrogens is 311 g/mol. The van der Waals surface area contributed by atoms with Gasteiger partial charge < -0.3 is 19.9 Å². The van der Waals surface area contributed by atoms with Crippen LogP contribution in [-0.4, -0.2) is 47.8 Å². The predicted octanol–water partition coefficient (Wildman–Crippen LogP) is 2.50. The third-order valence-electron chi connectivity index (χ3n) is 3.71. The van der Waals surface area contributed by atoms with E-state index in [0.29, 0.717) is 29.7 Å². The Hall–Kier alpha value is -2.22. The van der Waals surface area contributed by atoms with E-state index in [1.54, 1.807) is 11.0 Å². The van der Waals surface area contributed by atoms with Gasteiger partial charge in [-0.15, -0.1) is 13.2 Å². The number of fused-ring (bicyclic) bond motifs is 1. The minimum Gasteiger partial charge on any atom is -0.406 e. The molecule has 0 bridgehead atoms. The number of amides is 1. The highest BCUT2D eigenvalue weighted by Gasteiger charge is 2.31. The van der Waals surface area contributed by atoms with Gasteiger partial charge in [0.15, 0.2) is 0 Å². The Morgan fingerprint density at radius 1 is 1.35 bits per heavy atom. The van der Waals surface area contributed by atoms with E-state index in [1.165, 1.54) is 18.2 Å². The number of hydrogen-bond donors (Lipinski definition) is 2. The highest BCUT2D eigenvalue weighted by molar-refractivity contribution is 5.98. The van der Waals surface area contributed by atoms with Crippen LogP contribution in [0.3, 0.4) is 0 Å². The Morgan fingerprint density at radius 3 is 2.83 bits per heavy atom. The van der Waals surface area contributed by atoms with E-state index in [9.17, 15) is 18.0 Å². The number of rotatable bonds is 2. The standard InChI is InChI=1S/C15H16F3N3O2/c1-9-8-21(5-4-19-9)14(22)13-6-10-2-3-11(7-12(10)20-13)23-15(16,17)18/h2-3,6-7,9,19-20H,4-5,8H2,1H3/t9-/m1/s1. The van der Waals surface area contributed by atoms with Crippen LogP contribution in [0.15, 0.2) is 24.3 Å². The zero-order valence-electron chi connectivity index (χ0n) is 12.4. The molecule has 3 rings (SSSR count). The van der Waals surface area contributed by atoms with Crippen LogP contribution in [0, 0.1) is 0 Å². The van der Waals surface area contributed by atoms with Crippen LogP contribution in [0.5, 0.6) is 5.75 Å². The van der Waals surface area contributed by atoms with Gasteiger partial charge in [0, 0.05) is 42.6 Å². The number of halogens is 3. The van der Waals surface area contributed by atoms with E-state index in [-0.39, 0.29) is 17.7 Å². The number of hydrogen-bond acceptors (Lipinski definition) is 3. The molecule has 1 amide bonds. The summed E-state index contributed by atoms with van der Waals surface area (Å²) in [5.41, 5.74) is 0.788. The molecule has 0 radical (unpaired) electrons. The summed E-state index contributed by atoms with van der Waals surface area (Å²) in [5, 5.41) is 3.91. The second-order valence-electron chi connectivity index (χ2n) is 5.59. The Balaban J connectivity index is 1.83. The second kappa shape index (κ2) is 5.77. The van der Waals surface area contributed by atoms with Crippen molar-refractivity contribution in [1.29, 1.82) is 0 Å². The van der Waals surface area contributed by atoms with Crippen molar-refractivity contribution in [1.82, 2.24) is 15.2 Å². The molecule has 23 heavy (non-hydrogen) atoms. The third-order valence-corrected chi connectivity index (χ3v) is 3.71. The van der Waals surface area contributed by atoms with Gasteiger partial charge >= 0.3 is 6.36 Å². The van der Waals surface area contributed by atoms with Gasteiger partial charge in [-0.1, -0.05) is 0 Å². The van der Waals surface area contributed by atoms with Crippen molar-refractivity contribution in [2.24, 2.45) is 0 Å². The van der Waals surface area contributed by atoms with Gasteiger partial charge in [-0.05, 0) is 25.1 Å². The fraction of sp³-hybridized carbons (Fsp3) is 0.400. The Labute approximate surface area is 130 Å². The molecule has 124 valence electrons. The minimum atomic E-state index is -4.74. The SMILES string of the molecule is C[C@@H]1CN(C(=O)c2cc3ccc(OC(F)(F)F)cc3[nH]2)CCN1. The van der Waals surface area contributed by atoms with E-state index in [0.717, 1.165) is 6.54 Å². The zero-order chi connectivity index (χ0) is 16.6. The van der Waals surface area contributed by atoms with Crippen LogP contribution in [0.2, 0.25) is 0 Å². The van der Waals surface area contributed by atoms with Crippen molar-refractivity contribution >= 4 is 16.8 Å². The molecule has 2 N–H and O–H groups in total. The number of nitrogens with one attached hydrogen (secondary N) is 2. The largest absolute Gasteiger partial charge is 0.573 e. The third kappa shape index (κ3) is 3.58. The van der Waals surface area contributed by atoms with E-state index >= 15 is 0 Å². The molecule has 2 aromatic rings. The monoisotopic (exact) mass is 327 g/mol. The zero-order valence-corrected chi connectivity index (χ0v) is 12.4. The van der Waals surface area contributed by atoms with E-state index in [1.807, 2.05) is 6.92 Å². The fourth-order valence-electron chi connectivity index (χ4n) is 2.71. The lowest BCUT2D eigenvalue weighted by atomic mass is 10.2. The first-order chi connectivity index (χ1) is 10.8. The summed E-state index contributed by atoms with van der Waals surface area (Å²) in [4.78, 5) is 17.1. The van der Waals surface area contributed by atoms with Crippen molar-refractivity contribution in [3.05, 3.63) is 30.0 Å². The molecule has 1 saturated heterocycles. The number of ether oxygens (including phenoxy) is 1. The maximum absolute atomic E-state index is 12.5. The normalized spacial score (nSPS) is 19.1.